The second-order valence-corrected chi connectivity index (χ2v) is 4.11. The van der Waals surface area contributed by atoms with Crippen LogP contribution in [0.1, 0.15) is 22.6 Å². The Labute approximate surface area is 108 Å². The number of aliphatic hydroxyl groups is 1. The van der Waals surface area contributed by atoms with Crippen LogP contribution < -0.4 is 0 Å². The molecular weight excluding hydrogens is 258 g/mol. The fourth-order valence-electron chi connectivity index (χ4n) is 1.64. The molecule has 0 aliphatic heterocycles. The van der Waals surface area contributed by atoms with Gasteiger partial charge in [-0.1, -0.05) is 11.6 Å². The van der Waals surface area contributed by atoms with Gasteiger partial charge in [0, 0.05) is 19.2 Å². The van der Waals surface area contributed by atoms with E-state index in [1.807, 2.05) is 0 Å². The molecule has 2 rings (SSSR count). The molecule has 2 aromatic rings. The van der Waals surface area contributed by atoms with E-state index in [0.717, 1.165) is 0 Å². The zero-order valence-electron chi connectivity index (χ0n) is 9.76. The quantitative estimate of drug-likeness (QED) is 0.841. The molecule has 18 heavy (non-hydrogen) atoms. The van der Waals surface area contributed by atoms with Gasteiger partial charge >= 0.3 is 5.97 Å². The predicted molar refractivity (Wildman–Crippen MR) is 64.7 cm³/mol. The number of nitrogens with zero attached hydrogens (tertiary/aromatic N) is 3. The lowest BCUT2D eigenvalue weighted by Crippen LogP contribution is -2.05. The number of aliphatic hydroxyl groups excluding tert-OH is 1. The first-order valence-corrected chi connectivity index (χ1v) is 5.77. The van der Waals surface area contributed by atoms with Gasteiger partial charge in [-0.2, -0.15) is 0 Å². The lowest BCUT2D eigenvalue weighted by molar-refractivity contribution is 0.0600. The van der Waals surface area contributed by atoms with Crippen LogP contribution in [0, 0.1) is 0 Å². The fourth-order valence-corrected chi connectivity index (χ4v) is 1.88. The maximum absolute atomic E-state index is 11.5. The van der Waals surface area contributed by atoms with Crippen LogP contribution in [0.3, 0.4) is 0 Å². The highest BCUT2D eigenvalue weighted by Gasteiger charge is 2.14. The molecule has 7 heteroatoms. The SMILES string of the molecule is COC(=O)c1cc(Cl)c2nnc(CCCO)n2c1. The van der Waals surface area contributed by atoms with Crippen LogP contribution in [0.15, 0.2) is 12.3 Å². The third-order valence-corrected chi connectivity index (χ3v) is 2.79. The highest BCUT2D eigenvalue weighted by Crippen LogP contribution is 2.19. The molecule has 2 heterocycles. The molecule has 0 aliphatic rings. The number of hydrogen-bond acceptors (Lipinski definition) is 5. The van der Waals surface area contributed by atoms with E-state index in [1.165, 1.54) is 13.2 Å². The molecule has 0 fully saturated rings. The summed E-state index contributed by atoms with van der Waals surface area (Å²) in [7, 11) is 1.30. The minimum Gasteiger partial charge on any atom is -0.465 e. The van der Waals surface area contributed by atoms with Crippen LogP contribution in [-0.4, -0.2) is 39.4 Å². The van der Waals surface area contributed by atoms with Crippen LogP contribution in [-0.2, 0) is 11.2 Å². The number of pyridine rings is 1. The number of esters is 1. The van der Waals surface area contributed by atoms with Crippen molar-refractivity contribution in [3.05, 3.63) is 28.7 Å². The van der Waals surface area contributed by atoms with Crippen molar-refractivity contribution in [2.75, 3.05) is 13.7 Å². The van der Waals surface area contributed by atoms with E-state index in [4.69, 9.17) is 16.7 Å². The normalized spacial score (nSPS) is 10.8. The predicted octanol–water partition coefficient (Wildman–Crippen LogP) is 1.09. The fraction of sp³-hybridized carbons (Fsp3) is 0.364. The first-order chi connectivity index (χ1) is 8.67. The summed E-state index contributed by atoms with van der Waals surface area (Å²) < 4.78 is 6.29. The van der Waals surface area contributed by atoms with Gasteiger partial charge in [0.25, 0.3) is 0 Å². The van der Waals surface area contributed by atoms with E-state index in [9.17, 15) is 4.79 Å². The number of fused-ring (bicyclic) bond motifs is 1. The molecule has 0 spiro atoms. The van der Waals surface area contributed by atoms with Crippen molar-refractivity contribution in [3.8, 4) is 0 Å². The number of methoxy groups -OCH3 is 1. The number of halogens is 1. The summed E-state index contributed by atoms with van der Waals surface area (Å²) >= 11 is 6.03. The number of rotatable bonds is 4. The summed E-state index contributed by atoms with van der Waals surface area (Å²) in [5.41, 5.74) is 0.817. The van der Waals surface area contributed by atoms with Crippen LogP contribution >= 0.6 is 11.6 Å². The maximum Gasteiger partial charge on any atom is 0.339 e. The third kappa shape index (κ3) is 2.30. The minimum absolute atomic E-state index is 0.0688. The number of carbonyl (C=O) groups excluding carboxylic acids is 1. The van der Waals surface area contributed by atoms with E-state index < -0.39 is 5.97 Å². The molecule has 0 aromatic carbocycles. The van der Waals surface area contributed by atoms with Gasteiger partial charge < -0.3 is 9.84 Å². The Hall–Kier alpha value is -1.66. The van der Waals surface area contributed by atoms with E-state index in [-0.39, 0.29) is 6.61 Å². The standard InChI is InChI=1S/C11H12ClN3O3/c1-18-11(17)7-5-8(12)10-14-13-9(3-2-4-16)15(10)6-7/h5-6,16H,2-4H2,1H3. The largest absolute Gasteiger partial charge is 0.465 e. The van der Waals surface area contributed by atoms with E-state index in [0.29, 0.717) is 34.9 Å². The average molecular weight is 270 g/mol. The van der Waals surface area contributed by atoms with Gasteiger partial charge in [-0.25, -0.2) is 4.79 Å². The van der Waals surface area contributed by atoms with Crippen LogP contribution in [0.25, 0.3) is 5.65 Å². The summed E-state index contributed by atoms with van der Waals surface area (Å²) in [5, 5.41) is 17.1. The Kier molecular flexibility index (Phi) is 3.78. The molecule has 6 nitrogen and oxygen atoms in total. The second kappa shape index (κ2) is 5.32. The Morgan fingerprint density at radius 3 is 3.00 bits per heavy atom. The van der Waals surface area contributed by atoms with Crippen LogP contribution in [0.5, 0.6) is 0 Å². The number of aromatic nitrogens is 3. The maximum atomic E-state index is 11.5. The molecule has 2 aromatic heterocycles. The molecule has 0 amide bonds. The number of carbonyl (C=O) groups is 1. The first-order valence-electron chi connectivity index (χ1n) is 5.39. The molecule has 1 N–H and O–H groups in total. The van der Waals surface area contributed by atoms with Gasteiger partial charge in [-0.05, 0) is 12.5 Å². The molecule has 0 radical (unpaired) electrons. The van der Waals surface area contributed by atoms with Gasteiger partial charge in [-0.3, -0.25) is 4.40 Å². The topological polar surface area (TPSA) is 76.7 Å². The van der Waals surface area contributed by atoms with Gasteiger partial charge in [0.1, 0.15) is 5.82 Å². The molecule has 0 bridgehead atoms. The number of aryl methyl sites for hydroxylation is 1. The summed E-state index contributed by atoms with van der Waals surface area (Å²) in [5.74, 6) is 0.173. The summed E-state index contributed by atoms with van der Waals surface area (Å²) in [6.07, 6.45) is 2.71. The average Bonchev–Trinajstić information content (AvgIpc) is 2.79. The molecule has 0 saturated carbocycles. The third-order valence-electron chi connectivity index (χ3n) is 2.51. The molecule has 0 atom stereocenters. The monoisotopic (exact) mass is 269 g/mol. The van der Waals surface area contributed by atoms with E-state index in [1.54, 1.807) is 10.6 Å². The minimum atomic E-state index is -0.472. The summed E-state index contributed by atoms with van der Waals surface area (Å²) in [6.45, 7) is 0.0688. The lowest BCUT2D eigenvalue weighted by Gasteiger charge is -2.03. The van der Waals surface area contributed by atoms with Crippen molar-refractivity contribution in [2.24, 2.45) is 0 Å². The zero-order valence-corrected chi connectivity index (χ0v) is 10.5. The number of hydrogen-bond donors (Lipinski definition) is 1. The Morgan fingerprint density at radius 2 is 2.33 bits per heavy atom. The van der Waals surface area contributed by atoms with Crippen molar-refractivity contribution in [1.29, 1.82) is 0 Å². The van der Waals surface area contributed by atoms with Gasteiger partial charge in [0.2, 0.25) is 0 Å². The highest BCUT2D eigenvalue weighted by atomic mass is 35.5. The van der Waals surface area contributed by atoms with Crippen molar-refractivity contribution >= 4 is 23.2 Å². The molecular formula is C11H12ClN3O3. The zero-order chi connectivity index (χ0) is 13.1. The highest BCUT2D eigenvalue weighted by molar-refractivity contribution is 6.33. The van der Waals surface area contributed by atoms with E-state index >= 15 is 0 Å². The van der Waals surface area contributed by atoms with Gasteiger partial charge in [-0.15, -0.1) is 10.2 Å². The van der Waals surface area contributed by atoms with Gasteiger partial charge in [0.15, 0.2) is 5.65 Å². The van der Waals surface area contributed by atoms with Crippen molar-refractivity contribution in [2.45, 2.75) is 12.8 Å². The molecule has 0 saturated heterocycles. The lowest BCUT2D eigenvalue weighted by atomic mass is 10.2. The van der Waals surface area contributed by atoms with Crippen molar-refractivity contribution in [3.63, 3.8) is 0 Å². The Balaban J connectivity index is 2.50. The van der Waals surface area contributed by atoms with Crippen molar-refractivity contribution in [1.82, 2.24) is 14.6 Å². The van der Waals surface area contributed by atoms with E-state index in [2.05, 4.69) is 14.9 Å². The second-order valence-electron chi connectivity index (χ2n) is 3.71. The Morgan fingerprint density at radius 1 is 1.56 bits per heavy atom. The first kappa shape index (κ1) is 12.8. The molecule has 0 aliphatic carbocycles. The molecule has 96 valence electrons. The smallest absolute Gasteiger partial charge is 0.339 e. The molecule has 0 unspecified atom stereocenters. The summed E-state index contributed by atoms with van der Waals surface area (Å²) in [6, 6.07) is 1.49. The van der Waals surface area contributed by atoms with Gasteiger partial charge in [0.05, 0.1) is 17.7 Å². The Bertz CT molecular complexity index is 582. The van der Waals surface area contributed by atoms with Crippen LogP contribution in [0.4, 0.5) is 0 Å². The number of ether oxygens (including phenoxy) is 1. The summed E-state index contributed by atoms with van der Waals surface area (Å²) in [4.78, 5) is 11.5. The van der Waals surface area contributed by atoms with Crippen molar-refractivity contribution < 1.29 is 14.6 Å². The van der Waals surface area contributed by atoms with Crippen LogP contribution in [0.2, 0.25) is 5.02 Å².